The number of benzene rings is 1. The topological polar surface area (TPSA) is 76.0 Å². The summed E-state index contributed by atoms with van der Waals surface area (Å²) in [5, 5.41) is 10.4. The molecular formula is C20H25ClN4O2. The fraction of sp³-hybridized carbons (Fsp3) is 0.350. The first-order valence-electron chi connectivity index (χ1n) is 9.06. The van der Waals surface area contributed by atoms with Crippen LogP contribution in [0.2, 0.25) is 5.15 Å². The van der Waals surface area contributed by atoms with Crippen LogP contribution in [0.15, 0.2) is 30.3 Å². The minimum atomic E-state index is -0.306. The molecular weight excluding hydrogens is 364 g/mol. The van der Waals surface area contributed by atoms with E-state index in [2.05, 4.69) is 22.7 Å². The van der Waals surface area contributed by atoms with Gasteiger partial charge in [0, 0.05) is 36.0 Å². The number of hydrogen-bond acceptors (Lipinski definition) is 3. The third-order valence-electron chi connectivity index (χ3n) is 3.96. The van der Waals surface area contributed by atoms with Gasteiger partial charge in [-0.15, -0.1) is 0 Å². The smallest absolute Gasteiger partial charge is 0.251 e. The molecule has 0 saturated heterocycles. The van der Waals surface area contributed by atoms with Gasteiger partial charge in [-0.05, 0) is 44.5 Å². The molecule has 0 radical (unpaired) electrons. The van der Waals surface area contributed by atoms with Crippen LogP contribution in [0.4, 0.5) is 5.69 Å². The van der Waals surface area contributed by atoms with Crippen LogP contribution >= 0.6 is 11.6 Å². The van der Waals surface area contributed by atoms with E-state index in [1.54, 1.807) is 35.0 Å². The Morgan fingerprint density at radius 3 is 2.78 bits per heavy atom. The maximum atomic E-state index is 12.2. The molecule has 0 aliphatic heterocycles. The number of carbonyl (C=O) groups is 2. The van der Waals surface area contributed by atoms with Gasteiger partial charge < -0.3 is 10.6 Å². The van der Waals surface area contributed by atoms with E-state index in [1.165, 1.54) is 6.08 Å². The fourth-order valence-electron chi connectivity index (χ4n) is 2.56. The largest absolute Gasteiger partial charge is 0.352 e. The standard InChI is InChI=1S/C20H25ClN4O2/c1-4-6-12-25-19(21)17(14(3)24-25)10-11-18(26)23-16-9-7-8-15(13-16)20(27)22-5-2/h7-11,13H,4-6,12H2,1-3H3,(H,22,27)(H,23,26)/b11-10+. The number of halogens is 1. The highest BCUT2D eigenvalue weighted by atomic mass is 35.5. The lowest BCUT2D eigenvalue weighted by Crippen LogP contribution is -2.22. The fourth-order valence-corrected chi connectivity index (χ4v) is 2.88. The maximum Gasteiger partial charge on any atom is 0.251 e. The van der Waals surface area contributed by atoms with Crippen molar-refractivity contribution in [3.8, 4) is 0 Å². The van der Waals surface area contributed by atoms with Gasteiger partial charge in [0.15, 0.2) is 0 Å². The molecule has 0 aliphatic rings. The Morgan fingerprint density at radius 2 is 2.07 bits per heavy atom. The monoisotopic (exact) mass is 388 g/mol. The van der Waals surface area contributed by atoms with Crippen molar-refractivity contribution in [2.75, 3.05) is 11.9 Å². The summed E-state index contributed by atoms with van der Waals surface area (Å²) in [6, 6.07) is 6.79. The first-order valence-corrected chi connectivity index (χ1v) is 9.44. The quantitative estimate of drug-likeness (QED) is 0.670. The number of aryl methyl sites for hydroxylation is 2. The Hall–Kier alpha value is -2.60. The minimum Gasteiger partial charge on any atom is -0.352 e. The molecule has 2 rings (SSSR count). The van der Waals surface area contributed by atoms with Crippen LogP contribution in [-0.4, -0.2) is 28.1 Å². The van der Waals surface area contributed by atoms with Gasteiger partial charge in [-0.3, -0.25) is 14.3 Å². The van der Waals surface area contributed by atoms with Crippen LogP contribution in [0.25, 0.3) is 6.08 Å². The van der Waals surface area contributed by atoms with Crippen molar-refractivity contribution >= 4 is 35.2 Å². The van der Waals surface area contributed by atoms with Crippen LogP contribution in [0.1, 0.15) is 48.3 Å². The number of amides is 2. The van der Waals surface area contributed by atoms with Gasteiger partial charge in [-0.2, -0.15) is 5.10 Å². The number of carbonyl (C=O) groups excluding carboxylic acids is 2. The number of nitrogens with one attached hydrogen (secondary N) is 2. The average Bonchev–Trinajstić information content (AvgIpc) is 2.92. The van der Waals surface area contributed by atoms with Crippen LogP contribution in [0, 0.1) is 6.92 Å². The first-order chi connectivity index (χ1) is 13.0. The van der Waals surface area contributed by atoms with E-state index >= 15 is 0 Å². The molecule has 7 heteroatoms. The third-order valence-corrected chi connectivity index (χ3v) is 4.36. The van der Waals surface area contributed by atoms with Crippen molar-refractivity contribution in [2.24, 2.45) is 0 Å². The Balaban J connectivity index is 2.07. The molecule has 0 atom stereocenters. The number of anilines is 1. The molecule has 1 aromatic carbocycles. The number of nitrogens with zero attached hydrogens (tertiary/aromatic N) is 2. The van der Waals surface area contributed by atoms with E-state index in [0.29, 0.717) is 22.9 Å². The van der Waals surface area contributed by atoms with E-state index in [4.69, 9.17) is 11.6 Å². The highest BCUT2D eigenvalue weighted by Gasteiger charge is 2.11. The first kappa shape index (κ1) is 20.7. The summed E-state index contributed by atoms with van der Waals surface area (Å²) in [7, 11) is 0. The summed E-state index contributed by atoms with van der Waals surface area (Å²) in [4.78, 5) is 24.1. The molecule has 0 spiro atoms. The summed E-state index contributed by atoms with van der Waals surface area (Å²) in [6.07, 6.45) is 5.12. The lowest BCUT2D eigenvalue weighted by atomic mass is 10.2. The summed E-state index contributed by atoms with van der Waals surface area (Å²) in [5.41, 5.74) is 2.56. The van der Waals surface area contributed by atoms with E-state index < -0.39 is 0 Å². The Kier molecular flexibility index (Phi) is 7.61. The second-order valence-corrected chi connectivity index (χ2v) is 6.49. The summed E-state index contributed by atoms with van der Waals surface area (Å²) >= 11 is 6.37. The molecule has 2 amide bonds. The normalized spacial score (nSPS) is 11.0. The van der Waals surface area contributed by atoms with Crippen molar-refractivity contribution in [1.29, 1.82) is 0 Å². The molecule has 2 N–H and O–H groups in total. The highest BCUT2D eigenvalue weighted by Crippen LogP contribution is 2.22. The van der Waals surface area contributed by atoms with Gasteiger partial charge in [0.25, 0.3) is 5.91 Å². The molecule has 144 valence electrons. The van der Waals surface area contributed by atoms with Gasteiger partial charge in [-0.1, -0.05) is 31.0 Å². The predicted molar refractivity (Wildman–Crippen MR) is 109 cm³/mol. The Bertz CT molecular complexity index is 843. The SMILES string of the molecule is CCCCn1nc(C)c(/C=C/C(=O)Nc2cccc(C(=O)NCC)c2)c1Cl. The zero-order valence-corrected chi connectivity index (χ0v) is 16.6. The summed E-state index contributed by atoms with van der Waals surface area (Å²) in [6.45, 7) is 7.12. The highest BCUT2D eigenvalue weighted by molar-refractivity contribution is 6.31. The molecule has 6 nitrogen and oxygen atoms in total. The van der Waals surface area contributed by atoms with Crippen LogP contribution in [0.5, 0.6) is 0 Å². The Morgan fingerprint density at radius 1 is 1.30 bits per heavy atom. The molecule has 1 aromatic heterocycles. The predicted octanol–water partition coefficient (Wildman–Crippen LogP) is 4.05. The molecule has 27 heavy (non-hydrogen) atoms. The molecule has 0 saturated carbocycles. The number of unbranched alkanes of at least 4 members (excludes halogenated alkanes) is 1. The second-order valence-electron chi connectivity index (χ2n) is 6.13. The number of hydrogen-bond donors (Lipinski definition) is 2. The van der Waals surface area contributed by atoms with Crippen molar-refractivity contribution in [3.63, 3.8) is 0 Å². The molecule has 0 unspecified atom stereocenters. The van der Waals surface area contributed by atoms with Crippen molar-refractivity contribution in [2.45, 2.75) is 40.2 Å². The Labute approximate surface area is 164 Å². The second kappa shape index (κ2) is 9.92. The van der Waals surface area contributed by atoms with E-state index in [-0.39, 0.29) is 11.8 Å². The van der Waals surface area contributed by atoms with Gasteiger partial charge in [0.05, 0.1) is 5.69 Å². The lowest BCUT2D eigenvalue weighted by Gasteiger charge is -2.06. The average molecular weight is 389 g/mol. The van der Waals surface area contributed by atoms with E-state index in [1.807, 2.05) is 13.8 Å². The van der Waals surface area contributed by atoms with Gasteiger partial charge in [-0.25, -0.2) is 0 Å². The van der Waals surface area contributed by atoms with Crippen LogP contribution in [-0.2, 0) is 11.3 Å². The van der Waals surface area contributed by atoms with Gasteiger partial charge in [0.1, 0.15) is 5.15 Å². The third kappa shape index (κ3) is 5.69. The van der Waals surface area contributed by atoms with Gasteiger partial charge in [0.2, 0.25) is 5.91 Å². The molecule has 2 aromatic rings. The van der Waals surface area contributed by atoms with Crippen LogP contribution < -0.4 is 10.6 Å². The van der Waals surface area contributed by atoms with E-state index in [0.717, 1.165) is 30.6 Å². The van der Waals surface area contributed by atoms with Crippen molar-refractivity contribution in [1.82, 2.24) is 15.1 Å². The molecule has 0 fully saturated rings. The lowest BCUT2D eigenvalue weighted by molar-refractivity contribution is -0.111. The minimum absolute atomic E-state index is 0.175. The summed E-state index contributed by atoms with van der Waals surface area (Å²) < 4.78 is 1.76. The van der Waals surface area contributed by atoms with E-state index in [9.17, 15) is 9.59 Å². The zero-order valence-electron chi connectivity index (χ0n) is 15.9. The van der Waals surface area contributed by atoms with Crippen molar-refractivity contribution < 1.29 is 9.59 Å². The zero-order chi connectivity index (χ0) is 19.8. The van der Waals surface area contributed by atoms with Gasteiger partial charge >= 0.3 is 0 Å². The molecule has 1 heterocycles. The van der Waals surface area contributed by atoms with Crippen LogP contribution in [0.3, 0.4) is 0 Å². The molecule has 0 aliphatic carbocycles. The maximum absolute atomic E-state index is 12.2. The summed E-state index contributed by atoms with van der Waals surface area (Å²) in [5.74, 6) is -0.481. The molecule has 0 bridgehead atoms. The number of rotatable bonds is 8. The number of aromatic nitrogens is 2. The van der Waals surface area contributed by atoms with Crippen molar-refractivity contribution in [3.05, 3.63) is 52.3 Å².